The van der Waals surface area contributed by atoms with Gasteiger partial charge in [-0.2, -0.15) is 0 Å². The van der Waals surface area contributed by atoms with Crippen LogP contribution in [0.4, 0.5) is 0 Å². The monoisotopic (exact) mass is 255 g/mol. The minimum Gasteiger partial charge on any atom is -0.271 e. The first-order chi connectivity index (χ1) is 8.38. The Morgan fingerprint density at radius 3 is 2.53 bits per heavy atom. The molecule has 0 saturated heterocycles. The number of hydrogen-bond acceptors (Lipinski definition) is 4. The summed E-state index contributed by atoms with van der Waals surface area (Å²) in [7, 11) is 0. The Balaban J connectivity index is 2.04. The topological polar surface area (TPSA) is 50.9 Å². The zero-order chi connectivity index (χ0) is 12.3. The van der Waals surface area contributed by atoms with Crippen molar-refractivity contribution in [3.63, 3.8) is 0 Å². The molecule has 3 nitrogen and oxygen atoms in total. The minimum absolute atomic E-state index is 0.233. The molecule has 0 aromatic carbocycles. The van der Waals surface area contributed by atoms with Gasteiger partial charge in [-0.15, -0.1) is 11.3 Å². The Kier molecular flexibility index (Phi) is 8.22. The molecule has 0 spiro atoms. The van der Waals surface area contributed by atoms with Crippen molar-refractivity contribution in [2.45, 2.75) is 64.3 Å². The molecule has 0 bridgehead atoms. The van der Waals surface area contributed by atoms with Crippen LogP contribution in [0.15, 0.2) is 10.9 Å². The van der Waals surface area contributed by atoms with Crippen LogP contribution in [-0.2, 0) is 0 Å². The first-order valence-corrected chi connectivity index (χ1v) is 7.67. The van der Waals surface area contributed by atoms with Gasteiger partial charge in [0, 0.05) is 5.38 Å². The van der Waals surface area contributed by atoms with Crippen LogP contribution in [0.1, 0.15) is 70.0 Å². The second kappa shape index (κ2) is 9.57. The molecular weight excluding hydrogens is 230 g/mol. The Hall–Kier alpha value is -0.450. The van der Waals surface area contributed by atoms with Crippen LogP contribution >= 0.6 is 11.3 Å². The third-order valence-corrected chi connectivity index (χ3v) is 3.71. The number of nitrogens with two attached hydrogens (primary N) is 1. The van der Waals surface area contributed by atoms with E-state index in [0.29, 0.717) is 0 Å². The van der Waals surface area contributed by atoms with Crippen molar-refractivity contribution in [3.8, 4) is 0 Å². The lowest BCUT2D eigenvalue weighted by molar-refractivity contribution is 0.469. The molecule has 0 radical (unpaired) electrons. The summed E-state index contributed by atoms with van der Waals surface area (Å²) in [6.45, 7) is 2.26. The van der Waals surface area contributed by atoms with Crippen molar-refractivity contribution in [1.29, 1.82) is 0 Å². The zero-order valence-electron chi connectivity index (χ0n) is 10.8. The highest BCUT2D eigenvalue weighted by Gasteiger charge is 2.10. The highest BCUT2D eigenvalue weighted by Crippen LogP contribution is 2.19. The summed E-state index contributed by atoms with van der Waals surface area (Å²) in [5.74, 6) is 5.56. The molecule has 1 aromatic rings. The molecule has 1 atom stereocenters. The number of hydrazine groups is 1. The van der Waals surface area contributed by atoms with Gasteiger partial charge in [0.1, 0.15) is 0 Å². The maximum absolute atomic E-state index is 5.56. The average molecular weight is 255 g/mol. The second-order valence-electron chi connectivity index (χ2n) is 4.54. The normalized spacial score (nSPS) is 12.8. The largest absolute Gasteiger partial charge is 0.271 e. The summed E-state index contributed by atoms with van der Waals surface area (Å²) < 4.78 is 0. The lowest BCUT2D eigenvalue weighted by Gasteiger charge is -2.12. The molecule has 0 amide bonds. The van der Waals surface area contributed by atoms with Crippen LogP contribution in [-0.4, -0.2) is 4.98 Å². The Morgan fingerprint density at radius 1 is 1.24 bits per heavy atom. The van der Waals surface area contributed by atoms with Gasteiger partial charge in [0.05, 0.1) is 17.2 Å². The van der Waals surface area contributed by atoms with Gasteiger partial charge >= 0.3 is 0 Å². The van der Waals surface area contributed by atoms with Crippen LogP contribution in [0, 0.1) is 0 Å². The number of thiazole rings is 1. The molecule has 1 heterocycles. The molecule has 17 heavy (non-hydrogen) atoms. The second-order valence-corrected chi connectivity index (χ2v) is 5.26. The average Bonchev–Trinajstić information content (AvgIpc) is 2.86. The van der Waals surface area contributed by atoms with E-state index < -0.39 is 0 Å². The van der Waals surface area contributed by atoms with Gasteiger partial charge in [0.2, 0.25) is 0 Å². The van der Waals surface area contributed by atoms with Crippen molar-refractivity contribution in [2.24, 2.45) is 5.84 Å². The number of nitrogens with one attached hydrogen (secondary N) is 1. The summed E-state index contributed by atoms with van der Waals surface area (Å²) in [6.07, 6.45) is 10.5. The predicted octanol–water partition coefficient (Wildman–Crippen LogP) is 3.79. The highest BCUT2D eigenvalue weighted by molar-refractivity contribution is 7.07. The molecule has 0 aliphatic heterocycles. The Bertz CT molecular complexity index is 262. The van der Waals surface area contributed by atoms with Crippen LogP contribution < -0.4 is 11.3 Å². The quantitative estimate of drug-likeness (QED) is 0.380. The number of rotatable bonds is 10. The molecule has 0 saturated carbocycles. The lowest BCUT2D eigenvalue weighted by atomic mass is 10.0. The van der Waals surface area contributed by atoms with Crippen LogP contribution in [0.3, 0.4) is 0 Å². The molecule has 0 aliphatic rings. The smallest absolute Gasteiger partial charge is 0.0795 e. The number of nitrogens with zero attached hydrogens (tertiary/aromatic N) is 1. The number of aromatic nitrogens is 1. The van der Waals surface area contributed by atoms with E-state index in [0.717, 1.165) is 12.1 Å². The first-order valence-electron chi connectivity index (χ1n) is 6.72. The Morgan fingerprint density at radius 2 is 1.94 bits per heavy atom. The van der Waals surface area contributed by atoms with E-state index in [1.54, 1.807) is 11.3 Å². The SMILES string of the molecule is CCCCCCCCCC(NN)c1cscn1. The van der Waals surface area contributed by atoms with Gasteiger partial charge in [-0.3, -0.25) is 11.3 Å². The molecule has 1 aromatic heterocycles. The fourth-order valence-electron chi connectivity index (χ4n) is 2.02. The molecule has 98 valence electrons. The summed E-state index contributed by atoms with van der Waals surface area (Å²) in [4.78, 5) is 4.30. The van der Waals surface area contributed by atoms with Gasteiger partial charge in [-0.1, -0.05) is 51.9 Å². The summed E-state index contributed by atoms with van der Waals surface area (Å²) >= 11 is 1.63. The predicted molar refractivity (Wildman–Crippen MR) is 74.8 cm³/mol. The molecule has 3 N–H and O–H groups in total. The molecular formula is C13H25N3S. The Labute approximate surface area is 109 Å². The van der Waals surface area contributed by atoms with Gasteiger partial charge < -0.3 is 0 Å². The van der Waals surface area contributed by atoms with E-state index in [9.17, 15) is 0 Å². The van der Waals surface area contributed by atoms with E-state index in [2.05, 4.69) is 22.7 Å². The number of unbranched alkanes of at least 4 members (excludes halogenated alkanes) is 6. The summed E-state index contributed by atoms with van der Waals surface area (Å²) in [6, 6.07) is 0.233. The van der Waals surface area contributed by atoms with Gasteiger partial charge in [-0.25, -0.2) is 4.98 Å². The fraction of sp³-hybridized carbons (Fsp3) is 0.769. The van der Waals surface area contributed by atoms with E-state index in [-0.39, 0.29) is 6.04 Å². The van der Waals surface area contributed by atoms with E-state index in [1.807, 2.05) is 5.51 Å². The van der Waals surface area contributed by atoms with Crippen LogP contribution in [0.25, 0.3) is 0 Å². The third-order valence-electron chi connectivity index (χ3n) is 3.11. The lowest BCUT2D eigenvalue weighted by Crippen LogP contribution is -2.28. The highest BCUT2D eigenvalue weighted by atomic mass is 32.1. The molecule has 0 fully saturated rings. The van der Waals surface area contributed by atoms with Gasteiger partial charge in [0.25, 0.3) is 0 Å². The van der Waals surface area contributed by atoms with E-state index in [1.165, 1.54) is 44.9 Å². The zero-order valence-corrected chi connectivity index (χ0v) is 11.6. The van der Waals surface area contributed by atoms with E-state index in [4.69, 9.17) is 5.84 Å². The van der Waals surface area contributed by atoms with Crippen molar-refractivity contribution < 1.29 is 0 Å². The number of hydrogen-bond donors (Lipinski definition) is 2. The van der Waals surface area contributed by atoms with E-state index >= 15 is 0 Å². The molecule has 0 aliphatic carbocycles. The van der Waals surface area contributed by atoms with Crippen molar-refractivity contribution in [2.75, 3.05) is 0 Å². The van der Waals surface area contributed by atoms with Crippen molar-refractivity contribution in [1.82, 2.24) is 10.4 Å². The van der Waals surface area contributed by atoms with Crippen LogP contribution in [0.2, 0.25) is 0 Å². The van der Waals surface area contributed by atoms with Gasteiger partial charge in [-0.05, 0) is 6.42 Å². The maximum atomic E-state index is 5.56. The standard InChI is InChI=1S/C13H25N3S/c1-2-3-4-5-6-7-8-9-12(16-14)13-10-17-11-15-13/h10-12,16H,2-9,14H2,1H3. The summed E-state index contributed by atoms with van der Waals surface area (Å²) in [5.41, 5.74) is 5.81. The van der Waals surface area contributed by atoms with Gasteiger partial charge in [0.15, 0.2) is 0 Å². The summed E-state index contributed by atoms with van der Waals surface area (Å²) in [5, 5.41) is 2.08. The maximum Gasteiger partial charge on any atom is 0.0795 e. The minimum atomic E-state index is 0.233. The molecule has 1 unspecified atom stereocenters. The third kappa shape index (κ3) is 6.15. The van der Waals surface area contributed by atoms with Crippen LogP contribution in [0.5, 0.6) is 0 Å². The van der Waals surface area contributed by atoms with Crippen molar-refractivity contribution >= 4 is 11.3 Å². The molecule has 1 rings (SSSR count). The first kappa shape index (κ1) is 14.6. The van der Waals surface area contributed by atoms with Crippen molar-refractivity contribution in [3.05, 3.63) is 16.6 Å². The fourth-order valence-corrected chi connectivity index (χ4v) is 2.62. The molecule has 4 heteroatoms.